The molecule has 1 aliphatic carbocycles. The standard InChI is InChI=1S/C35H34F2N6O5/c1-2-24-27(36)6-3-19-11-22(44)12-25(29(19)24)30-28(43(45)46)13-26-32(31(30)37)40-34(41-33(26)42-16-20-4-5-21(17-42)39-20)48-18-35(7-8-35)14-23-15-38-9-10-47-23/h1,3,6,11-13,20-21,23,38-39,44H,4-5,7-10,14-18H2/t20-,21+,23?. The van der Waals surface area contributed by atoms with Crippen LogP contribution >= 0.6 is 0 Å². The van der Waals surface area contributed by atoms with E-state index in [0.717, 1.165) is 57.3 Å². The predicted molar refractivity (Wildman–Crippen MR) is 175 cm³/mol. The molecule has 1 aromatic heterocycles. The van der Waals surface area contributed by atoms with E-state index in [4.69, 9.17) is 20.9 Å². The SMILES string of the molecule is C#Cc1c(F)ccc2cc(O)cc(-c3c([N+](=O)[O-])cc4c(N5C[C@H]6CC[C@@H](C5)N6)nc(OCC5(CC6CNCCO6)CC5)nc4c3F)c12. The molecule has 4 heterocycles. The number of terminal acetylenes is 1. The van der Waals surface area contributed by atoms with Gasteiger partial charge in [0.05, 0.1) is 40.8 Å². The number of nitrogens with one attached hydrogen (secondary N) is 2. The van der Waals surface area contributed by atoms with Gasteiger partial charge in [0.2, 0.25) is 0 Å². The first-order valence-corrected chi connectivity index (χ1v) is 16.3. The number of phenols is 1. The van der Waals surface area contributed by atoms with Crippen molar-refractivity contribution in [3.05, 3.63) is 57.6 Å². The quantitative estimate of drug-likeness (QED) is 0.138. The number of morpholine rings is 1. The lowest BCUT2D eigenvalue weighted by atomic mass is 9.92. The lowest BCUT2D eigenvalue weighted by Gasteiger charge is -2.34. The van der Waals surface area contributed by atoms with E-state index in [9.17, 15) is 19.6 Å². The number of hydrogen-bond donors (Lipinski definition) is 3. The largest absolute Gasteiger partial charge is 0.508 e. The highest BCUT2D eigenvalue weighted by atomic mass is 19.1. The number of nitro benzene ring substituents is 1. The summed E-state index contributed by atoms with van der Waals surface area (Å²) in [5.41, 5.74) is -1.66. The molecule has 1 unspecified atom stereocenters. The first-order valence-electron chi connectivity index (χ1n) is 16.3. The lowest BCUT2D eigenvalue weighted by Crippen LogP contribution is -2.51. The van der Waals surface area contributed by atoms with Crippen molar-refractivity contribution in [1.29, 1.82) is 0 Å². The molecule has 3 N–H and O–H groups in total. The van der Waals surface area contributed by atoms with Crippen LogP contribution in [0.2, 0.25) is 0 Å². The number of halogens is 2. The molecule has 0 spiro atoms. The van der Waals surface area contributed by atoms with Gasteiger partial charge in [-0.3, -0.25) is 10.1 Å². The zero-order chi connectivity index (χ0) is 33.2. The van der Waals surface area contributed by atoms with Crippen LogP contribution in [0, 0.1) is 39.5 Å². The van der Waals surface area contributed by atoms with Gasteiger partial charge < -0.3 is 30.1 Å². The topological polar surface area (TPSA) is 135 Å². The summed E-state index contributed by atoms with van der Waals surface area (Å²) in [4.78, 5) is 23.2. The number of aromatic hydroxyl groups is 1. The molecule has 1 saturated carbocycles. The number of benzene rings is 3. The normalized spacial score (nSPS) is 22.9. The number of phenolic OH excluding ortho intramolecular Hbond substituents is 1. The van der Waals surface area contributed by atoms with Crippen LogP contribution in [-0.2, 0) is 4.74 Å². The Balaban J connectivity index is 1.29. The molecule has 4 fully saturated rings. The molecule has 13 heteroatoms. The van der Waals surface area contributed by atoms with E-state index in [1.165, 1.54) is 18.2 Å². The van der Waals surface area contributed by atoms with E-state index >= 15 is 4.39 Å². The van der Waals surface area contributed by atoms with Gasteiger partial charge in [-0.25, -0.2) is 8.78 Å². The highest BCUT2D eigenvalue weighted by Crippen LogP contribution is 2.50. The molecule has 3 aromatic carbocycles. The number of aromatic nitrogens is 2. The second-order valence-electron chi connectivity index (χ2n) is 13.5. The molecule has 48 heavy (non-hydrogen) atoms. The molecule has 0 amide bonds. The van der Waals surface area contributed by atoms with Crippen molar-refractivity contribution in [2.45, 2.75) is 50.3 Å². The second-order valence-corrected chi connectivity index (χ2v) is 13.5. The number of anilines is 1. The number of piperazine rings is 1. The van der Waals surface area contributed by atoms with Crippen LogP contribution in [0.4, 0.5) is 20.3 Å². The van der Waals surface area contributed by atoms with Crippen LogP contribution in [0.5, 0.6) is 11.8 Å². The van der Waals surface area contributed by atoms with E-state index in [1.54, 1.807) is 0 Å². The highest BCUT2D eigenvalue weighted by Gasteiger charge is 2.46. The molecular weight excluding hydrogens is 622 g/mol. The van der Waals surface area contributed by atoms with Crippen molar-refractivity contribution >= 4 is 33.2 Å². The summed E-state index contributed by atoms with van der Waals surface area (Å²) in [6.45, 7) is 3.72. The molecule has 4 aliphatic rings. The van der Waals surface area contributed by atoms with Gasteiger partial charge in [0, 0.05) is 60.7 Å². The molecular formula is C35H34F2N6O5. The van der Waals surface area contributed by atoms with E-state index in [1.807, 2.05) is 4.90 Å². The third kappa shape index (κ3) is 5.43. The van der Waals surface area contributed by atoms with E-state index in [0.29, 0.717) is 37.5 Å². The van der Waals surface area contributed by atoms with E-state index in [2.05, 4.69) is 21.5 Å². The summed E-state index contributed by atoms with van der Waals surface area (Å²) in [7, 11) is 0. The van der Waals surface area contributed by atoms with Gasteiger partial charge in [0.25, 0.3) is 5.69 Å². The zero-order valence-corrected chi connectivity index (χ0v) is 26.1. The Morgan fingerprint density at radius 1 is 1.19 bits per heavy atom. The second kappa shape index (κ2) is 11.8. The fourth-order valence-electron chi connectivity index (χ4n) is 7.65. The molecule has 4 aromatic rings. The Morgan fingerprint density at radius 2 is 1.98 bits per heavy atom. The Hall–Kier alpha value is -4.64. The van der Waals surface area contributed by atoms with Crippen LogP contribution in [0.25, 0.3) is 32.8 Å². The number of fused-ring (bicyclic) bond motifs is 4. The zero-order valence-electron chi connectivity index (χ0n) is 26.1. The number of hydrogen-bond acceptors (Lipinski definition) is 10. The van der Waals surface area contributed by atoms with Crippen molar-refractivity contribution in [2.75, 3.05) is 44.3 Å². The number of rotatable bonds is 8. The molecule has 3 atom stereocenters. The Labute approximate surface area is 274 Å². The van der Waals surface area contributed by atoms with Gasteiger partial charge in [0.1, 0.15) is 22.9 Å². The van der Waals surface area contributed by atoms with Gasteiger partial charge in [-0.15, -0.1) is 6.42 Å². The van der Waals surface area contributed by atoms with Crippen molar-refractivity contribution in [3.8, 4) is 35.2 Å². The molecule has 3 saturated heterocycles. The molecule has 248 valence electrons. The molecule has 11 nitrogen and oxygen atoms in total. The van der Waals surface area contributed by atoms with Gasteiger partial charge in [0.15, 0.2) is 5.82 Å². The average molecular weight is 657 g/mol. The molecule has 0 radical (unpaired) electrons. The number of nitro groups is 1. The fourth-order valence-corrected chi connectivity index (χ4v) is 7.65. The summed E-state index contributed by atoms with van der Waals surface area (Å²) in [6.07, 6.45) is 10.4. The van der Waals surface area contributed by atoms with Crippen LogP contribution in [0.15, 0.2) is 30.3 Å². The van der Waals surface area contributed by atoms with Gasteiger partial charge >= 0.3 is 6.01 Å². The first kappa shape index (κ1) is 30.7. The van der Waals surface area contributed by atoms with Crippen LogP contribution in [0.1, 0.15) is 37.7 Å². The monoisotopic (exact) mass is 656 g/mol. The summed E-state index contributed by atoms with van der Waals surface area (Å²) in [6, 6.07) is 6.65. The van der Waals surface area contributed by atoms with Crippen molar-refractivity contribution in [1.82, 2.24) is 20.6 Å². The maximum atomic E-state index is 17.1. The minimum absolute atomic E-state index is 0.0350. The van der Waals surface area contributed by atoms with Crippen LogP contribution in [-0.4, -0.2) is 77.6 Å². The smallest absolute Gasteiger partial charge is 0.319 e. The Kier molecular flexibility index (Phi) is 7.54. The van der Waals surface area contributed by atoms with Gasteiger partial charge in [-0.2, -0.15) is 9.97 Å². The van der Waals surface area contributed by atoms with Crippen molar-refractivity contribution in [3.63, 3.8) is 0 Å². The third-order valence-corrected chi connectivity index (χ3v) is 10.2. The van der Waals surface area contributed by atoms with E-state index < -0.39 is 27.8 Å². The Morgan fingerprint density at radius 3 is 2.67 bits per heavy atom. The van der Waals surface area contributed by atoms with Crippen LogP contribution < -0.4 is 20.3 Å². The minimum atomic E-state index is -1.02. The minimum Gasteiger partial charge on any atom is -0.508 e. The third-order valence-electron chi connectivity index (χ3n) is 10.2. The maximum Gasteiger partial charge on any atom is 0.319 e. The summed E-state index contributed by atoms with van der Waals surface area (Å²) in [5, 5.41) is 30.7. The Bertz CT molecular complexity index is 2000. The lowest BCUT2D eigenvalue weighted by molar-refractivity contribution is -0.384. The summed E-state index contributed by atoms with van der Waals surface area (Å²) >= 11 is 0. The van der Waals surface area contributed by atoms with Crippen molar-refractivity contribution < 1.29 is 28.3 Å². The summed E-state index contributed by atoms with van der Waals surface area (Å²) < 4.78 is 44.3. The fraction of sp³-hybridized carbons (Fsp3) is 0.429. The molecule has 8 rings (SSSR count). The predicted octanol–water partition coefficient (Wildman–Crippen LogP) is 4.80. The molecule has 2 bridgehead atoms. The van der Waals surface area contributed by atoms with Gasteiger partial charge in [-0.1, -0.05) is 12.0 Å². The average Bonchev–Trinajstić information content (AvgIpc) is 3.76. The number of nitrogens with zero attached hydrogens (tertiary/aromatic N) is 4. The highest BCUT2D eigenvalue weighted by molar-refractivity contribution is 6.06. The van der Waals surface area contributed by atoms with E-state index in [-0.39, 0.29) is 62.8 Å². The van der Waals surface area contributed by atoms with Crippen LogP contribution in [0.3, 0.4) is 0 Å². The maximum absolute atomic E-state index is 17.1. The van der Waals surface area contributed by atoms with Gasteiger partial charge in [-0.05, 0) is 55.7 Å². The first-order chi connectivity index (χ1) is 23.2. The summed E-state index contributed by atoms with van der Waals surface area (Å²) in [5.74, 6) is 0.577. The number of ether oxygens (including phenoxy) is 2. The molecule has 3 aliphatic heterocycles. The van der Waals surface area contributed by atoms with Crippen molar-refractivity contribution in [2.24, 2.45) is 5.41 Å².